The Morgan fingerprint density at radius 1 is 1.40 bits per heavy atom. The monoisotopic (exact) mass is 290 g/mol. The summed E-state index contributed by atoms with van der Waals surface area (Å²) in [5.41, 5.74) is 2.12. The van der Waals surface area contributed by atoms with Crippen molar-refractivity contribution in [3.05, 3.63) is 11.9 Å². The van der Waals surface area contributed by atoms with E-state index in [9.17, 15) is 13.2 Å². The third-order valence-electron chi connectivity index (χ3n) is 3.32. The Kier molecular flexibility index (Phi) is 4.29. The summed E-state index contributed by atoms with van der Waals surface area (Å²) < 4.78 is 38.0. The van der Waals surface area contributed by atoms with E-state index in [4.69, 9.17) is 5.84 Å². The number of rotatable bonds is 4. The predicted molar refractivity (Wildman–Crippen MR) is 69.0 cm³/mol. The van der Waals surface area contributed by atoms with E-state index in [-0.39, 0.29) is 11.6 Å². The Balaban J connectivity index is 2.10. The van der Waals surface area contributed by atoms with Gasteiger partial charge in [-0.15, -0.1) is 0 Å². The molecule has 1 aliphatic heterocycles. The normalized spacial score (nSPS) is 20.1. The molecule has 112 valence electrons. The van der Waals surface area contributed by atoms with Crippen LogP contribution in [-0.2, 0) is 6.18 Å². The lowest BCUT2D eigenvalue weighted by molar-refractivity contribution is -0.144. The number of nitrogens with one attached hydrogen (secondary N) is 2. The fraction of sp³-hybridized carbons (Fsp3) is 0.636. The number of aromatic nitrogens is 2. The third-order valence-corrected chi connectivity index (χ3v) is 3.32. The molecule has 1 aromatic rings. The van der Waals surface area contributed by atoms with Crippen molar-refractivity contribution in [2.45, 2.75) is 25.1 Å². The number of halogens is 3. The van der Waals surface area contributed by atoms with E-state index in [0.717, 1.165) is 19.4 Å². The molecule has 1 atom stereocenters. The quantitative estimate of drug-likeness (QED) is 0.573. The predicted octanol–water partition coefficient (Wildman–Crippen LogP) is 1.29. The molecule has 0 bridgehead atoms. The number of alkyl halides is 3. The number of nitrogens with two attached hydrogens (primary N) is 1. The molecule has 0 spiro atoms. The van der Waals surface area contributed by atoms with Crippen molar-refractivity contribution in [3.8, 4) is 0 Å². The first-order valence-corrected chi connectivity index (χ1v) is 6.27. The van der Waals surface area contributed by atoms with Gasteiger partial charge in [-0.2, -0.15) is 13.2 Å². The molecule has 20 heavy (non-hydrogen) atoms. The molecule has 1 unspecified atom stereocenters. The van der Waals surface area contributed by atoms with Crippen molar-refractivity contribution in [3.63, 3.8) is 0 Å². The molecule has 1 aromatic heterocycles. The summed E-state index contributed by atoms with van der Waals surface area (Å²) in [6.45, 7) is 1.54. The molecule has 1 saturated heterocycles. The van der Waals surface area contributed by atoms with Crippen molar-refractivity contribution >= 4 is 11.6 Å². The molecule has 0 aromatic carbocycles. The number of nitrogen functional groups attached to an aromatic ring is 1. The van der Waals surface area contributed by atoms with Gasteiger partial charge < -0.3 is 15.6 Å². The van der Waals surface area contributed by atoms with Gasteiger partial charge in [0.05, 0.1) is 0 Å². The van der Waals surface area contributed by atoms with Gasteiger partial charge in [-0.1, -0.05) is 0 Å². The molecule has 0 aliphatic carbocycles. The van der Waals surface area contributed by atoms with Crippen LogP contribution in [0.3, 0.4) is 0 Å². The highest BCUT2D eigenvalue weighted by molar-refractivity contribution is 5.47. The van der Waals surface area contributed by atoms with E-state index >= 15 is 0 Å². The summed E-state index contributed by atoms with van der Waals surface area (Å²) >= 11 is 0. The number of likely N-dealkylation sites (N-methyl/N-ethyl adjacent to an activating group) is 1. The van der Waals surface area contributed by atoms with Crippen molar-refractivity contribution in [2.24, 2.45) is 5.84 Å². The summed E-state index contributed by atoms with van der Waals surface area (Å²) in [6.07, 6.45) is -2.49. The van der Waals surface area contributed by atoms with Gasteiger partial charge in [-0.05, 0) is 26.4 Å². The average molecular weight is 290 g/mol. The fourth-order valence-electron chi connectivity index (χ4n) is 2.20. The maximum atomic E-state index is 12.7. The lowest BCUT2D eigenvalue weighted by atomic mass is 10.2. The van der Waals surface area contributed by atoms with E-state index in [1.165, 1.54) is 6.07 Å². The van der Waals surface area contributed by atoms with Gasteiger partial charge >= 0.3 is 6.18 Å². The molecule has 6 nitrogen and oxygen atoms in total. The minimum Gasteiger partial charge on any atom is -0.368 e. The zero-order valence-electron chi connectivity index (χ0n) is 11.0. The van der Waals surface area contributed by atoms with Crippen LogP contribution in [0.1, 0.15) is 18.7 Å². The van der Waals surface area contributed by atoms with Crippen LogP contribution in [0.2, 0.25) is 0 Å². The zero-order valence-corrected chi connectivity index (χ0v) is 11.0. The molecule has 9 heteroatoms. The summed E-state index contributed by atoms with van der Waals surface area (Å²) in [4.78, 5) is 8.94. The van der Waals surface area contributed by atoms with Crippen LogP contribution in [0.15, 0.2) is 6.07 Å². The van der Waals surface area contributed by atoms with Crippen molar-refractivity contribution in [1.82, 2.24) is 14.9 Å². The van der Waals surface area contributed by atoms with Crippen LogP contribution < -0.4 is 16.6 Å². The van der Waals surface area contributed by atoms with Gasteiger partial charge in [0.15, 0.2) is 0 Å². The average Bonchev–Trinajstić information content (AvgIpc) is 2.80. The Bertz CT molecular complexity index is 464. The van der Waals surface area contributed by atoms with E-state index < -0.39 is 12.0 Å². The second kappa shape index (κ2) is 5.80. The Morgan fingerprint density at radius 3 is 2.65 bits per heavy atom. The van der Waals surface area contributed by atoms with Gasteiger partial charge in [0.25, 0.3) is 0 Å². The van der Waals surface area contributed by atoms with Gasteiger partial charge in [-0.3, -0.25) is 0 Å². The maximum Gasteiger partial charge on any atom is 0.451 e. The molecule has 0 radical (unpaired) electrons. The molecule has 0 saturated carbocycles. The lowest BCUT2D eigenvalue weighted by Crippen LogP contribution is -2.32. The Hall–Kier alpha value is -1.61. The maximum absolute atomic E-state index is 12.7. The molecule has 4 N–H and O–H groups in total. The first-order chi connectivity index (χ1) is 9.40. The van der Waals surface area contributed by atoms with Crippen molar-refractivity contribution in [2.75, 3.05) is 30.9 Å². The van der Waals surface area contributed by atoms with Gasteiger partial charge in [0.1, 0.15) is 11.6 Å². The van der Waals surface area contributed by atoms with Crippen LogP contribution in [0, 0.1) is 0 Å². The van der Waals surface area contributed by atoms with Crippen LogP contribution in [0.4, 0.5) is 24.8 Å². The molecule has 2 heterocycles. The highest BCUT2D eigenvalue weighted by Crippen LogP contribution is 2.28. The van der Waals surface area contributed by atoms with Crippen molar-refractivity contribution in [1.29, 1.82) is 0 Å². The Labute approximate surface area is 114 Å². The summed E-state index contributed by atoms with van der Waals surface area (Å²) in [5, 5.41) is 2.92. The highest BCUT2D eigenvalue weighted by atomic mass is 19.4. The van der Waals surface area contributed by atoms with E-state index in [1.807, 2.05) is 7.05 Å². The molecule has 1 fully saturated rings. The second-order valence-corrected chi connectivity index (χ2v) is 4.76. The number of nitrogens with zero attached hydrogens (tertiary/aromatic N) is 3. The SMILES string of the molecule is CN1CCCC1CNc1cc(NN)nc(C(F)(F)F)n1. The Morgan fingerprint density at radius 2 is 2.10 bits per heavy atom. The van der Waals surface area contributed by atoms with Gasteiger partial charge in [-0.25, -0.2) is 15.8 Å². The number of likely N-dealkylation sites (tertiary alicyclic amines) is 1. The topological polar surface area (TPSA) is 79.1 Å². The third kappa shape index (κ3) is 3.48. The molecular weight excluding hydrogens is 273 g/mol. The number of hydrazine groups is 1. The van der Waals surface area contributed by atoms with Crippen LogP contribution in [0.25, 0.3) is 0 Å². The van der Waals surface area contributed by atoms with Crippen LogP contribution >= 0.6 is 0 Å². The van der Waals surface area contributed by atoms with Gasteiger partial charge in [0, 0.05) is 18.7 Å². The first-order valence-electron chi connectivity index (χ1n) is 6.27. The van der Waals surface area contributed by atoms with Gasteiger partial charge in [0.2, 0.25) is 5.82 Å². The lowest BCUT2D eigenvalue weighted by Gasteiger charge is -2.20. The zero-order chi connectivity index (χ0) is 14.8. The first kappa shape index (κ1) is 14.8. The summed E-state index contributed by atoms with van der Waals surface area (Å²) in [6, 6.07) is 1.65. The molecule has 1 aliphatic rings. The summed E-state index contributed by atoms with van der Waals surface area (Å²) in [5.74, 6) is 3.95. The standard InChI is InChI=1S/C11H17F3N6/c1-20-4-2-3-7(20)6-16-8-5-9(19-15)18-10(17-8)11(12,13)14/h5,7H,2-4,6,15H2,1H3,(H2,16,17,18,19). The van der Waals surface area contributed by atoms with E-state index in [0.29, 0.717) is 12.6 Å². The molecular formula is C11H17F3N6. The van der Waals surface area contributed by atoms with E-state index in [2.05, 4.69) is 25.6 Å². The summed E-state index contributed by atoms with van der Waals surface area (Å²) in [7, 11) is 1.99. The fourth-order valence-corrected chi connectivity index (χ4v) is 2.20. The highest BCUT2D eigenvalue weighted by Gasteiger charge is 2.35. The largest absolute Gasteiger partial charge is 0.451 e. The second-order valence-electron chi connectivity index (χ2n) is 4.76. The molecule has 2 rings (SSSR count). The number of hydrogen-bond acceptors (Lipinski definition) is 6. The van der Waals surface area contributed by atoms with Crippen LogP contribution in [-0.4, -0.2) is 41.0 Å². The minimum absolute atomic E-state index is 0.0744. The number of anilines is 2. The minimum atomic E-state index is -4.60. The molecule has 0 amide bonds. The smallest absolute Gasteiger partial charge is 0.368 e. The number of hydrogen-bond donors (Lipinski definition) is 3. The van der Waals surface area contributed by atoms with Crippen molar-refractivity contribution < 1.29 is 13.2 Å². The van der Waals surface area contributed by atoms with Crippen LogP contribution in [0.5, 0.6) is 0 Å². The van der Waals surface area contributed by atoms with E-state index in [1.54, 1.807) is 0 Å².